The maximum Gasteiger partial charge on any atom is 0.354 e. The second-order valence-electron chi connectivity index (χ2n) is 6.23. The molecule has 30 heavy (non-hydrogen) atoms. The molecule has 0 saturated carbocycles. The standard InChI is InChI=1S/C20H15ClN4O4S/c1-10-16(17(25-29-10)12-5-3-4-6-13(12)21)18(26)24-20-23-15(9-30-20)11-7-14(22-8-11)19(27)28-2/h3-9,22H,1-2H3,(H,23,24,26). The summed E-state index contributed by atoms with van der Waals surface area (Å²) >= 11 is 7.51. The summed E-state index contributed by atoms with van der Waals surface area (Å²) in [7, 11) is 1.31. The summed E-state index contributed by atoms with van der Waals surface area (Å²) in [5.41, 5.74) is 2.87. The van der Waals surface area contributed by atoms with Crippen molar-refractivity contribution >= 4 is 39.9 Å². The number of hydrogen-bond donors (Lipinski definition) is 2. The van der Waals surface area contributed by atoms with E-state index in [-0.39, 0.29) is 5.56 Å². The molecule has 10 heteroatoms. The van der Waals surface area contributed by atoms with E-state index in [1.54, 1.807) is 48.8 Å². The molecule has 8 nitrogen and oxygen atoms in total. The number of thiazole rings is 1. The summed E-state index contributed by atoms with van der Waals surface area (Å²) in [4.78, 5) is 31.8. The number of benzene rings is 1. The number of aromatic nitrogens is 3. The molecule has 0 spiro atoms. The van der Waals surface area contributed by atoms with Crippen LogP contribution in [-0.4, -0.2) is 34.1 Å². The second-order valence-corrected chi connectivity index (χ2v) is 7.49. The maximum absolute atomic E-state index is 12.9. The van der Waals surface area contributed by atoms with Gasteiger partial charge in [0, 0.05) is 22.7 Å². The van der Waals surface area contributed by atoms with E-state index in [1.165, 1.54) is 18.4 Å². The van der Waals surface area contributed by atoms with Crippen molar-refractivity contribution in [1.82, 2.24) is 15.1 Å². The van der Waals surface area contributed by atoms with Crippen molar-refractivity contribution < 1.29 is 18.8 Å². The average Bonchev–Trinajstić information content (AvgIpc) is 3.47. The molecule has 4 aromatic rings. The molecule has 0 fully saturated rings. The van der Waals surface area contributed by atoms with Gasteiger partial charge in [0.05, 0.1) is 17.8 Å². The van der Waals surface area contributed by atoms with E-state index in [0.29, 0.717) is 44.1 Å². The van der Waals surface area contributed by atoms with Crippen LogP contribution in [0.25, 0.3) is 22.5 Å². The molecule has 0 saturated heterocycles. The van der Waals surface area contributed by atoms with Gasteiger partial charge in [-0.1, -0.05) is 35.0 Å². The molecule has 0 atom stereocenters. The zero-order valence-corrected chi connectivity index (χ0v) is 17.4. The Kier molecular flexibility index (Phi) is 5.39. The zero-order chi connectivity index (χ0) is 21.3. The van der Waals surface area contributed by atoms with Crippen molar-refractivity contribution in [3.8, 4) is 22.5 Å². The van der Waals surface area contributed by atoms with E-state index in [4.69, 9.17) is 16.1 Å². The Morgan fingerprint density at radius 3 is 2.87 bits per heavy atom. The van der Waals surface area contributed by atoms with Crippen LogP contribution in [0.2, 0.25) is 5.02 Å². The molecule has 0 unspecified atom stereocenters. The minimum Gasteiger partial charge on any atom is -0.464 e. The van der Waals surface area contributed by atoms with Crippen LogP contribution in [0.4, 0.5) is 5.13 Å². The molecule has 3 aromatic heterocycles. The van der Waals surface area contributed by atoms with Gasteiger partial charge in [0.1, 0.15) is 22.7 Å². The van der Waals surface area contributed by atoms with E-state index >= 15 is 0 Å². The average molecular weight is 443 g/mol. The van der Waals surface area contributed by atoms with Crippen LogP contribution in [0.1, 0.15) is 26.6 Å². The summed E-state index contributed by atoms with van der Waals surface area (Å²) < 4.78 is 9.92. The number of aryl methyl sites for hydroxylation is 1. The normalized spacial score (nSPS) is 10.8. The lowest BCUT2D eigenvalue weighted by molar-refractivity contribution is 0.0594. The van der Waals surface area contributed by atoms with Crippen molar-refractivity contribution in [2.75, 3.05) is 12.4 Å². The number of nitrogens with zero attached hydrogens (tertiary/aromatic N) is 2. The van der Waals surface area contributed by atoms with Gasteiger partial charge in [-0.25, -0.2) is 9.78 Å². The van der Waals surface area contributed by atoms with Gasteiger partial charge in [-0.05, 0) is 19.1 Å². The van der Waals surface area contributed by atoms with E-state index in [9.17, 15) is 9.59 Å². The van der Waals surface area contributed by atoms with Crippen LogP contribution in [0.15, 0.2) is 46.4 Å². The lowest BCUT2D eigenvalue weighted by Crippen LogP contribution is -2.13. The summed E-state index contributed by atoms with van der Waals surface area (Å²) in [6.45, 7) is 1.66. The van der Waals surface area contributed by atoms with Gasteiger partial charge in [-0.2, -0.15) is 0 Å². The smallest absolute Gasteiger partial charge is 0.354 e. The molecule has 3 heterocycles. The van der Waals surface area contributed by atoms with E-state index in [1.807, 2.05) is 0 Å². The number of halogens is 1. The molecule has 1 aromatic carbocycles. The first-order valence-corrected chi connectivity index (χ1v) is 9.99. The molecule has 152 valence electrons. The second kappa shape index (κ2) is 8.13. The summed E-state index contributed by atoms with van der Waals surface area (Å²) in [6.07, 6.45) is 1.65. The number of methoxy groups -OCH3 is 1. The Balaban J connectivity index is 1.58. The largest absolute Gasteiger partial charge is 0.464 e. The van der Waals surface area contributed by atoms with Crippen LogP contribution < -0.4 is 5.32 Å². The molecule has 0 aliphatic heterocycles. The molecular formula is C20H15ClN4O4S. The summed E-state index contributed by atoms with van der Waals surface area (Å²) in [5.74, 6) is -0.513. The number of ether oxygens (including phenoxy) is 1. The van der Waals surface area contributed by atoms with E-state index in [2.05, 4.69) is 25.2 Å². The van der Waals surface area contributed by atoms with E-state index in [0.717, 1.165) is 0 Å². The maximum atomic E-state index is 12.9. The fourth-order valence-corrected chi connectivity index (χ4v) is 3.81. The third-order valence-electron chi connectivity index (χ3n) is 4.33. The quantitative estimate of drug-likeness (QED) is 0.430. The SMILES string of the molecule is COC(=O)c1cc(-c2csc(NC(=O)c3c(-c4ccccc4Cl)noc3C)n2)c[nH]1. The van der Waals surface area contributed by atoms with Gasteiger partial charge >= 0.3 is 5.97 Å². The lowest BCUT2D eigenvalue weighted by Gasteiger charge is -2.04. The number of hydrogen-bond acceptors (Lipinski definition) is 7. The molecule has 0 aliphatic carbocycles. The van der Waals surface area contributed by atoms with Crippen LogP contribution in [0.3, 0.4) is 0 Å². The number of amides is 1. The molecule has 2 N–H and O–H groups in total. The topological polar surface area (TPSA) is 110 Å². The molecular weight excluding hydrogens is 428 g/mol. The van der Waals surface area contributed by atoms with Crippen molar-refractivity contribution in [3.05, 3.63) is 63.9 Å². The zero-order valence-electron chi connectivity index (χ0n) is 15.9. The number of aromatic amines is 1. The number of H-pyrrole nitrogens is 1. The number of nitrogens with one attached hydrogen (secondary N) is 2. The number of esters is 1. The first kappa shape index (κ1) is 19.9. The summed E-state index contributed by atoms with van der Waals surface area (Å²) in [5, 5.41) is 9.40. The van der Waals surface area contributed by atoms with Crippen LogP contribution in [-0.2, 0) is 4.74 Å². The molecule has 0 aliphatic rings. The van der Waals surface area contributed by atoms with Crippen molar-refractivity contribution in [2.24, 2.45) is 0 Å². The number of rotatable bonds is 5. The van der Waals surface area contributed by atoms with Gasteiger partial charge in [-0.15, -0.1) is 11.3 Å². The van der Waals surface area contributed by atoms with Crippen molar-refractivity contribution in [1.29, 1.82) is 0 Å². The van der Waals surface area contributed by atoms with Crippen molar-refractivity contribution in [3.63, 3.8) is 0 Å². The number of anilines is 1. The van der Waals surface area contributed by atoms with Gasteiger partial charge < -0.3 is 14.2 Å². The monoisotopic (exact) mass is 442 g/mol. The first-order valence-electron chi connectivity index (χ1n) is 8.73. The predicted octanol–water partition coefficient (Wildman–Crippen LogP) is 4.79. The van der Waals surface area contributed by atoms with Gasteiger partial charge in [0.2, 0.25) is 0 Å². The lowest BCUT2D eigenvalue weighted by atomic mass is 10.1. The fraction of sp³-hybridized carbons (Fsp3) is 0.100. The molecule has 4 rings (SSSR count). The highest BCUT2D eigenvalue weighted by Gasteiger charge is 2.24. The minimum absolute atomic E-state index is 0.287. The highest BCUT2D eigenvalue weighted by Crippen LogP contribution is 2.32. The Bertz CT molecular complexity index is 1240. The number of carbonyl (C=O) groups is 2. The molecule has 0 bridgehead atoms. The van der Waals surface area contributed by atoms with Crippen LogP contribution >= 0.6 is 22.9 Å². The van der Waals surface area contributed by atoms with Gasteiger partial charge in [-0.3, -0.25) is 10.1 Å². The Morgan fingerprint density at radius 1 is 1.30 bits per heavy atom. The Morgan fingerprint density at radius 2 is 2.10 bits per heavy atom. The number of carbonyl (C=O) groups excluding carboxylic acids is 2. The molecule has 1 amide bonds. The Hall–Kier alpha value is -3.43. The third-order valence-corrected chi connectivity index (χ3v) is 5.41. The van der Waals surface area contributed by atoms with Crippen LogP contribution in [0, 0.1) is 6.92 Å². The van der Waals surface area contributed by atoms with E-state index < -0.39 is 11.9 Å². The molecule has 0 radical (unpaired) electrons. The van der Waals surface area contributed by atoms with Crippen molar-refractivity contribution in [2.45, 2.75) is 6.92 Å². The summed E-state index contributed by atoms with van der Waals surface area (Å²) in [6, 6.07) is 8.71. The highest BCUT2D eigenvalue weighted by atomic mass is 35.5. The first-order chi connectivity index (χ1) is 14.5. The van der Waals surface area contributed by atoms with Crippen LogP contribution in [0.5, 0.6) is 0 Å². The highest BCUT2D eigenvalue weighted by molar-refractivity contribution is 7.14. The minimum atomic E-state index is -0.472. The fourth-order valence-electron chi connectivity index (χ4n) is 2.87. The Labute approximate surface area is 179 Å². The van der Waals surface area contributed by atoms with Gasteiger partial charge in [0.25, 0.3) is 5.91 Å². The predicted molar refractivity (Wildman–Crippen MR) is 113 cm³/mol. The third kappa shape index (κ3) is 3.72. The van der Waals surface area contributed by atoms with Gasteiger partial charge in [0.15, 0.2) is 5.13 Å².